The van der Waals surface area contributed by atoms with Gasteiger partial charge in [-0.2, -0.15) is 0 Å². The van der Waals surface area contributed by atoms with Crippen LogP contribution in [0.15, 0.2) is 24.3 Å². The van der Waals surface area contributed by atoms with Crippen LogP contribution in [0.25, 0.3) is 0 Å². The third kappa shape index (κ3) is 3.90. The van der Waals surface area contributed by atoms with E-state index < -0.39 is 0 Å². The van der Waals surface area contributed by atoms with Crippen LogP contribution in [-0.2, 0) is 11.3 Å². The maximum absolute atomic E-state index is 11.0. The topological polar surface area (TPSA) is 64.3 Å². The molecule has 0 unspecified atom stereocenters. The number of amides is 1. The van der Waals surface area contributed by atoms with Crippen molar-refractivity contribution in [2.45, 2.75) is 26.5 Å². The summed E-state index contributed by atoms with van der Waals surface area (Å²) in [5.74, 6) is 0.633. The van der Waals surface area contributed by atoms with Crippen molar-refractivity contribution in [2.75, 3.05) is 6.54 Å². The Labute approximate surface area is 95.8 Å². The van der Waals surface area contributed by atoms with Crippen molar-refractivity contribution in [3.63, 3.8) is 0 Å². The molecule has 4 nitrogen and oxygen atoms in total. The van der Waals surface area contributed by atoms with Crippen LogP contribution in [0.1, 0.15) is 19.4 Å². The number of carbonyl (C=O) groups is 1. The lowest BCUT2D eigenvalue weighted by Gasteiger charge is -2.14. The zero-order valence-electron chi connectivity index (χ0n) is 9.69. The zero-order valence-corrected chi connectivity index (χ0v) is 9.69. The van der Waals surface area contributed by atoms with Crippen LogP contribution in [0.5, 0.6) is 5.75 Å². The summed E-state index contributed by atoms with van der Waals surface area (Å²) in [5, 5.41) is 2.72. The molecule has 1 amide bonds. The highest BCUT2D eigenvalue weighted by atomic mass is 16.5. The number of para-hydroxylation sites is 1. The molecule has 0 aliphatic heterocycles. The fraction of sp³-hybridized carbons (Fsp3) is 0.417. The smallest absolute Gasteiger partial charge is 0.234 e. The average molecular weight is 222 g/mol. The van der Waals surface area contributed by atoms with Crippen LogP contribution in [0.3, 0.4) is 0 Å². The molecule has 0 radical (unpaired) electrons. The quantitative estimate of drug-likeness (QED) is 0.782. The van der Waals surface area contributed by atoms with E-state index in [-0.39, 0.29) is 18.6 Å². The van der Waals surface area contributed by atoms with E-state index in [4.69, 9.17) is 10.5 Å². The maximum atomic E-state index is 11.0. The molecule has 0 atom stereocenters. The number of hydrogen-bond donors (Lipinski definition) is 2. The molecule has 0 aliphatic rings. The van der Waals surface area contributed by atoms with Gasteiger partial charge in [-0.25, -0.2) is 0 Å². The normalized spacial score (nSPS) is 10.2. The molecule has 88 valence electrons. The molecule has 16 heavy (non-hydrogen) atoms. The molecule has 0 heterocycles. The molecule has 4 heteroatoms. The van der Waals surface area contributed by atoms with Crippen molar-refractivity contribution in [3.8, 4) is 5.75 Å². The lowest BCUT2D eigenvalue weighted by Crippen LogP contribution is -2.29. The molecule has 0 aliphatic carbocycles. The SMILES string of the molecule is CC(C)Oc1ccccc1CNC(=O)CN. The Morgan fingerprint density at radius 1 is 1.44 bits per heavy atom. The van der Waals surface area contributed by atoms with Crippen molar-refractivity contribution in [3.05, 3.63) is 29.8 Å². The summed E-state index contributed by atoms with van der Waals surface area (Å²) in [5.41, 5.74) is 6.17. The minimum Gasteiger partial charge on any atom is -0.491 e. The van der Waals surface area contributed by atoms with Crippen molar-refractivity contribution in [1.82, 2.24) is 5.32 Å². The highest BCUT2D eigenvalue weighted by molar-refractivity contribution is 5.77. The van der Waals surface area contributed by atoms with E-state index in [9.17, 15) is 4.79 Å². The summed E-state index contributed by atoms with van der Waals surface area (Å²) in [6, 6.07) is 7.64. The van der Waals surface area contributed by atoms with E-state index in [1.807, 2.05) is 38.1 Å². The van der Waals surface area contributed by atoms with Crippen molar-refractivity contribution < 1.29 is 9.53 Å². The molecular weight excluding hydrogens is 204 g/mol. The highest BCUT2D eigenvalue weighted by Gasteiger charge is 2.05. The Hall–Kier alpha value is -1.55. The van der Waals surface area contributed by atoms with E-state index in [0.717, 1.165) is 11.3 Å². The molecule has 1 rings (SSSR count). The van der Waals surface area contributed by atoms with E-state index in [1.54, 1.807) is 0 Å². The summed E-state index contributed by atoms with van der Waals surface area (Å²) < 4.78 is 5.63. The van der Waals surface area contributed by atoms with Crippen LogP contribution in [0.2, 0.25) is 0 Å². The number of rotatable bonds is 5. The number of ether oxygens (including phenoxy) is 1. The second kappa shape index (κ2) is 6.12. The van der Waals surface area contributed by atoms with Gasteiger partial charge in [0.25, 0.3) is 0 Å². The Bertz CT molecular complexity index is 351. The van der Waals surface area contributed by atoms with Gasteiger partial charge in [-0.05, 0) is 19.9 Å². The van der Waals surface area contributed by atoms with Crippen molar-refractivity contribution in [1.29, 1.82) is 0 Å². The second-order valence-corrected chi connectivity index (χ2v) is 3.76. The molecule has 0 spiro atoms. The van der Waals surface area contributed by atoms with Gasteiger partial charge in [0.1, 0.15) is 5.75 Å². The predicted molar refractivity (Wildman–Crippen MR) is 63.1 cm³/mol. The first-order chi connectivity index (χ1) is 7.63. The number of carbonyl (C=O) groups excluding carboxylic acids is 1. The molecule has 3 N–H and O–H groups in total. The van der Waals surface area contributed by atoms with Gasteiger partial charge in [-0.1, -0.05) is 18.2 Å². The first-order valence-corrected chi connectivity index (χ1v) is 5.34. The fourth-order valence-corrected chi connectivity index (χ4v) is 1.28. The van der Waals surface area contributed by atoms with Gasteiger partial charge in [0.15, 0.2) is 0 Å². The Kier molecular flexibility index (Phi) is 4.79. The second-order valence-electron chi connectivity index (χ2n) is 3.76. The van der Waals surface area contributed by atoms with Crippen molar-refractivity contribution >= 4 is 5.91 Å². The first-order valence-electron chi connectivity index (χ1n) is 5.34. The number of nitrogens with two attached hydrogens (primary N) is 1. The minimum atomic E-state index is -0.167. The van der Waals surface area contributed by atoms with Crippen LogP contribution in [-0.4, -0.2) is 18.6 Å². The molecular formula is C12H18N2O2. The summed E-state index contributed by atoms with van der Waals surface area (Å²) in [7, 11) is 0. The Balaban J connectivity index is 2.67. The molecule has 0 saturated heterocycles. The van der Waals surface area contributed by atoms with Gasteiger partial charge < -0.3 is 15.8 Å². The monoisotopic (exact) mass is 222 g/mol. The Morgan fingerprint density at radius 2 is 2.12 bits per heavy atom. The first kappa shape index (κ1) is 12.5. The Morgan fingerprint density at radius 3 is 2.75 bits per heavy atom. The van der Waals surface area contributed by atoms with Gasteiger partial charge in [-0.15, -0.1) is 0 Å². The third-order valence-corrected chi connectivity index (χ3v) is 2.00. The summed E-state index contributed by atoms with van der Waals surface area (Å²) in [4.78, 5) is 11.0. The van der Waals surface area contributed by atoms with Gasteiger partial charge in [0, 0.05) is 12.1 Å². The van der Waals surface area contributed by atoms with Crippen LogP contribution in [0, 0.1) is 0 Å². The molecule has 0 saturated carbocycles. The number of benzene rings is 1. The maximum Gasteiger partial charge on any atom is 0.234 e. The average Bonchev–Trinajstić information content (AvgIpc) is 2.26. The lowest BCUT2D eigenvalue weighted by atomic mass is 10.2. The van der Waals surface area contributed by atoms with E-state index in [0.29, 0.717) is 6.54 Å². The van der Waals surface area contributed by atoms with Gasteiger partial charge in [-0.3, -0.25) is 4.79 Å². The van der Waals surface area contributed by atoms with Crippen LogP contribution < -0.4 is 15.8 Å². The summed E-state index contributed by atoms with van der Waals surface area (Å²) in [6.07, 6.45) is 0.117. The van der Waals surface area contributed by atoms with Gasteiger partial charge in [0.2, 0.25) is 5.91 Å². The summed E-state index contributed by atoms with van der Waals surface area (Å²) >= 11 is 0. The third-order valence-electron chi connectivity index (χ3n) is 2.00. The molecule has 0 bridgehead atoms. The highest BCUT2D eigenvalue weighted by Crippen LogP contribution is 2.18. The van der Waals surface area contributed by atoms with Crippen LogP contribution >= 0.6 is 0 Å². The van der Waals surface area contributed by atoms with E-state index in [2.05, 4.69) is 5.32 Å². The molecule has 0 fully saturated rings. The van der Waals surface area contributed by atoms with Crippen molar-refractivity contribution in [2.24, 2.45) is 5.73 Å². The summed E-state index contributed by atoms with van der Waals surface area (Å²) in [6.45, 7) is 4.39. The van der Waals surface area contributed by atoms with Gasteiger partial charge in [0.05, 0.1) is 12.6 Å². The lowest BCUT2D eigenvalue weighted by molar-refractivity contribution is -0.119. The molecule has 1 aromatic rings. The number of hydrogen-bond acceptors (Lipinski definition) is 3. The zero-order chi connectivity index (χ0) is 12.0. The van der Waals surface area contributed by atoms with E-state index >= 15 is 0 Å². The number of nitrogens with one attached hydrogen (secondary N) is 1. The van der Waals surface area contributed by atoms with Crippen LogP contribution in [0.4, 0.5) is 0 Å². The molecule has 0 aromatic heterocycles. The fourth-order valence-electron chi connectivity index (χ4n) is 1.28. The predicted octanol–water partition coefficient (Wildman–Crippen LogP) is 1.05. The van der Waals surface area contributed by atoms with E-state index in [1.165, 1.54) is 0 Å². The minimum absolute atomic E-state index is 0.00715. The molecule has 1 aromatic carbocycles. The standard InChI is InChI=1S/C12H18N2O2/c1-9(2)16-11-6-4-3-5-10(11)8-14-12(15)7-13/h3-6,9H,7-8,13H2,1-2H3,(H,14,15). The largest absolute Gasteiger partial charge is 0.491 e. The van der Waals surface area contributed by atoms with Gasteiger partial charge >= 0.3 is 0 Å².